The molecule has 2 aromatic heterocycles. The van der Waals surface area contributed by atoms with Crippen molar-refractivity contribution in [3.05, 3.63) is 54.0 Å². The number of nitrogens with zero attached hydrogens (tertiary/aromatic N) is 4. The monoisotopic (exact) mass is 460 g/mol. The predicted molar refractivity (Wildman–Crippen MR) is 135 cm³/mol. The number of fused-ring (bicyclic) bond motifs is 1. The molecule has 1 aromatic carbocycles. The number of anilines is 3. The fourth-order valence-electron chi connectivity index (χ4n) is 5.13. The standard InChI is InChI=1S/C26H32N6O2/c1-17-10-20(27)16-32(15-17)24-4-5-29-14-19(24)12-25(33)26-22(28)11-18-2-3-21(13-23(18)30-26)31-6-8-34-9-7-31/h2-5,11,13-14,17,20H,6-10,12,15-16,27-28H2,1H3/t17-,20+/m1/s1. The zero-order chi connectivity index (χ0) is 23.7. The second-order valence-electron chi connectivity index (χ2n) is 9.51. The number of nitrogen functional groups attached to an aromatic ring is 1. The molecule has 5 rings (SSSR count). The van der Waals surface area contributed by atoms with Gasteiger partial charge in [-0.2, -0.15) is 0 Å². The minimum atomic E-state index is -0.111. The van der Waals surface area contributed by atoms with Gasteiger partial charge < -0.3 is 26.0 Å². The van der Waals surface area contributed by atoms with Crippen LogP contribution in [0.5, 0.6) is 0 Å². The van der Waals surface area contributed by atoms with Crippen LogP contribution in [0.4, 0.5) is 17.1 Å². The molecule has 0 spiro atoms. The average molecular weight is 461 g/mol. The molecule has 0 amide bonds. The number of piperidine rings is 1. The highest BCUT2D eigenvalue weighted by molar-refractivity contribution is 6.03. The third kappa shape index (κ3) is 4.69. The minimum Gasteiger partial charge on any atom is -0.397 e. The van der Waals surface area contributed by atoms with Gasteiger partial charge in [0.25, 0.3) is 0 Å². The Morgan fingerprint density at radius 2 is 1.97 bits per heavy atom. The summed E-state index contributed by atoms with van der Waals surface area (Å²) in [5.74, 6) is 0.388. The van der Waals surface area contributed by atoms with Gasteiger partial charge in [0, 0.05) is 73.4 Å². The summed E-state index contributed by atoms with van der Waals surface area (Å²) in [5.41, 5.74) is 17.0. The lowest BCUT2D eigenvalue weighted by molar-refractivity contribution is 0.0989. The van der Waals surface area contributed by atoms with Crippen molar-refractivity contribution in [2.45, 2.75) is 25.8 Å². The lowest BCUT2D eigenvalue weighted by Crippen LogP contribution is -2.46. The molecular weight excluding hydrogens is 428 g/mol. The molecule has 2 aliphatic rings. The smallest absolute Gasteiger partial charge is 0.187 e. The van der Waals surface area contributed by atoms with Gasteiger partial charge in [0.15, 0.2) is 5.78 Å². The molecule has 4 heterocycles. The van der Waals surface area contributed by atoms with Gasteiger partial charge >= 0.3 is 0 Å². The number of rotatable bonds is 5. The van der Waals surface area contributed by atoms with Crippen LogP contribution in [0.1, 0.15) is 29.4 Å². The first-order valence-electron chi connectivity index (χ1n) is 12.0. The predicted octanol–water partition coefficient (Wildman–Crippen LogP) is 2.65. The Morgan fingerprint density at radius 3 is 2.76 bits per heavy atom. The molecule has 0 saturated carbocycles. The van der Waals surface area contributed by atoms with Crippen LogP contribution < -0.4 is 21.3 Å². The average Bonchev–Trinajstić information content (AvgIpc) is 2.83. The molecule has 2 aliphatic heterocycles. The van der Waals surface area contributed by atoms with Crippen LogP contribution >= 0.6 is 0 Å². The summed E-state index contributed by atoms with van der Waals surface area (Å²) >= 11 is 0. The maximum atomic E-state index is 13.4. The highest BCUT2D eigenvalue weighted by Crippen LogP contribution is 2.28. The topological polar surface area (TPSA) is 111 Å². The Morgan fingerprint density at radius 1 is 1.15 bits per heavy atom. The number of nitrogens with two attached hydrogens (primary N) is 2. The van der Waals surface area contributed by atoms with Crippen LogP contribution in [-0.2, 0) is 11.2 Å². The van der Waals surface area contributed by atoms with E-state index < -0.39 is 0 Å². The lowest BCUT2D eigenvalue weighted by atomic mass is 9.95. The molecular formula is C26H32N6O2. The number of carbonyl (C=O) groups excluding carboxylic acids is 1. The van der Waals surface area contributed by atoms with Crippen LogP contribution in [0.3, 0.4) is 0 Å². The second kappa shape index (κ2) is 9.56. The molecule has 8 nitrogen and oxygen atoms in total. The number of ether oxygens (including phenoxy) is 1. The quantitative estimate of drug-likeness (QED) is 0.559. The Kier molecular flexibility index (Phi) is 6.34. The lowest BCUT2D eigenvalue weighted by Gasteiger charge is -2.37. The van der Waals surface area contributed by atoms with Crippen molar-refractivity contribution in [1.82, 2.24) is 9.97 Å². The van der Waals surface area contributed by atoms with E-state index in [-0.39, 0.29) is 18.2 Å². The van der Waals surface area contributed by atoms with Crippen molar-refractivity contribution in [1.29, 1.82) is 0 Å². The van der Waals surface area contributed by atoms with Crippen molar-refractivity contribution < 1.29 is 9.53 Å². The van der Waals surface area contributed by atoms with E-state index >= 15 is 0 Å². The Labute approximate surface area is 199 Å². The van der Waals surface area contributed by atoms with Crippen LogP contribution in [-0.4, -0.2) is 61.2 Å². The number of Topliss-reactive ketones (excluding diaryl/α,β-unsaturated/α-hetero) is 1. The normalized spacial score (nSPS) is 21.1. The Hall–Kier alpha value is -3.23. The first kappa shape index (κ1) is 22.6. The maximum absolute atomic E-state index is 13.4. The zero-order valence-electron chi connectivity index (χ0n) is 19.6. The summed E-state index contributed by atoms with van der Waals surface area (Å²) in [7, 11) is 0. The van der Waals surface area contributed by atoms with Gasteiger partial charge in [-0.05, 0) is 36.6 Å². The van der Waals surface area contributed by atoms with Crippen molar-refractivity contribution >= 4 is 33.7 Å². The van der Waals surface area contributed by atoms with Crippen LogP contribution in [0.25, 0.3) is 10.9 Å². The van der Waals surface area contributed by atoms with E-state index in [0.29, 0.717) is 30.5 Å². The maximum Gasteiger partial charge on any atom is 0.187 e. The SMILES string of the molecule is C[C@@H]1C[C@H](N)CN(c2ccncc2CC(=O)c2nc3cc(N4CCOCC4)ccc3cc2N)C1. The highest BCUT2D eigenvalue weighted by Gasteiger charge is 2.25. The number of morpholine rings is 1. The summed E-state index contributed by atoms with van der Waals surface area (Å²) in [6.45, 7) is 7.01. The fourth-order valence-corrected chi connectivity index (χ4v) is 5.13. The van der Waals surface area contributed by atoms with Gasteiger partial charge in [-0.1, -0.05) is 13.0 Å². The molecule has 4 N–H and O–H groups in total. The van der Waals surface area contributed by atoms with Crippen LogP contribution in [0.15, 0.2) is 42.7 Å². The molecule has 0 unspecified atom stereocenters. The molecule has 178 valence electrons. The molecule has 0 radical (unpaired) electrons. The van der Waals surface area contributed by atoms with E-state index in [1.807, 2.05) is 24.3 Å². The molecule has 0 bridgehead atoms. The second-order valence-corrected chi connectivity index (χ2v) is 9.51. The highest BCUT2D eigenvalue weighted by atomic mass is 16.5. The summed E-state index contributed by atoms with van der Waals surface area (Å²) in [4.78, 5) is 26.9. The molecule has 2 fully saturated rings. The molecule has 2 saturated heterocycles. The molecule has 0 aliphatic carbocycles. The summed E-state index contributed by atoms with van der Waals surface area (Å²) in [6.07, 6.45) is 4.74. The van der Waals surface area contributed by atoms with E-state index in [1.54, 1.807) is 12.4 Å². The van der Waals surface area contributed by atoms with Crippen molar-refractivity contribution in [3.63, 3.8) is 0 Å². The minimum absolute atomic E-state index is 0.111. The first-order chi connectivity index (χ1) is 16.5. The van der Waals surface area contributed by atoms with Crippen molar-refractivity contribution in [3.8, 4) is 0 Å². The number of ketones is 1. The largest absolute Gasteiger partial charge is 0.397 e. The number of pyridine rings is 2. The molecule has 3 aromatic rings. The van der Waals surface area contributed by atoms with Crippen molar-refractivity contribution in [2.75, 3.05) is 54.9 Å². The Bertz CT molecular complexity index is 1180. The van der Waals surface area contributed by atoms with E-state index in [1.165, 1.54) is 0 Å². The van der Waals surface area contributed by atoms with Gasteiger partial charge in [-0.25, -0.2) is 4.98 Å². The summed E-state index contributed by atoms with van der Waals surface area (Å²) in [6, 6.07) is 10.1. The number of benzene rings is 1. The fraction of sp³-hybridized carbons (Fsp3) is 0.423. The van der Waals surface area contributed by atoms with Crippen molar-refractivity contribution in [2.24, 2.45) is 11.7 Å². The molecule has 34 heavy (non-hydrogen) atoms. The summed E-state index contributed by atoms with van der Waals surface area (Å²) < 4.78 is 5.46. The van der Waals surface area contributed by atoms with E-state index in [9.17, 15) is 4.79 Å². The van der Waals surface area contributed by atoms with Gasteiger partial charge in [-0.15, -0.1) is 0 Å². The van der Waals surface area contributed by atoms with E-state index in [2.05, 4.69) is 27.8 Å². The van der Waals surface area contributed by atoms with Gasteiger partial charge in [0.1, 0.15) is 5.69 Å². The van der Waals surface area contributed by atoms with Crippen LogP contribution in [0.2, 0.25) is 0 Å². The number of hydrogen-bond donors (Lipinski definition) is 2. The first-order valence-corrected chi connectivity index (χ1v) is 12.0. The summed E-state index contributed by atoms with van der Waals surface area (Å²) in [5, 5.41) is 0.921. The Balaban J connectivity index is 1.42. The van der Waals surface area contributed by atoms with Gasteiger partial charge in [0.05, 0.1) is 24.4 Å². The van der Waals surface area contributed by atoms with E-state index in [4.69, 9.17) is 21.2 Å². The van der Waals surface area contributed by atoms with E-state index in [0.717, 1.165) is 60.4 Å². The molecule has 8 heteroatoms. The van der Waals surface area contributed by atoms with Gasteiger partial charge in [0.2, 0.25) is 0 Å². The third-order valence-corrected chi connectivity index (χ3v) is 6.73. The van der Waals surface area contributed by atoms with Gasteiger partial charge in [-0.3, -0.25) is 9.78 Å². The zero-order valence-corrected chi connectivity index (χ0v) is 19.6. The van der Waals surface area contributed by atoms with Crippen LogP contribution in [0, 0.1) is 5.92 Å². The molecule has 2 atom stereocenters. The number of carbonyl (C=O) groups is 1. The third-order valence-electron chi connectivity index (χ3n) is 6.73. The number of hydrogen-bond acceptors (Lipinski definition) is 8. The number of aromatic nitrogens is 2.